The lowest BCUT2D eigenvalue weighted by atomic mass is 9.91. The highest BCUT2D eigenvalue weighted by molar-refractivity contribution is 6.30. The van der Waals surface area contributed by atoms with E-state index >= 15 is 0 Å². The van der Waals surface area contributed by atoms with E-state index in [9.17, 15) is 18.0 Å². The van der Waals surface area contributed by atoms with Crippen molar-refractivity contribution in [2.45, 2.75) is 57.2 Å². The Balaban J connectivity index is 1.13. The molecule has 0 spiro atoms. The van der Waals surface area contributed by atoms with Crippen LogP contribution in [0.4, 0.5) is 24.5 Å². The monoisotopic (exact) mass is 508 g/mol. The molecule has 35 heavy (non-hydrogen) atoms. The molecule has 4 rings (SSSR count). The second-order valence-corrected chi connectivity index (χ2v) is 9.96. The molecule has 2 aliphatic rings. The smallest absolute Gasteiger partial charge is 0.382 e. The molecular weight excluding hydrogens is 477 g/mol. The number of benzene rings is 1. The van der Waals surface area contributed by atoms with E-state index in [1.54, 1.807) is 6.07 Å². The molecule has 1 amide bonds. The number of pyridine rings is 1. The number of carbonyl (C=O) groups is 1. The maximum Gasteiger partial charge on any atom is 0.433 e. The normalized spacial score (nSPS) is 18.1. The van der Waals surface area contributed by atoms with Crippen LogP contribution in [0.1, 0.15) is 50.6 Å². The number of likely N-dealkylation sites (tertiary alicyclic amines) is 1. The van der Waals surface area contributed by atoms with Crippen LogP contribution >= 0.6 is 11.6 Å². The molecule has 2 fully saturated rings. The highest BCUT2D eigenvalue weighted by atomic mass is 35.5. The maximum absolute atomic E-state index is 12.9. The van der Waals surface area contributed by atoms with Crippen LogP contribution in [0.15, 0.2) is 42.6 Å². The lowest BCUT2D eigenvalue weighted by Crippen LogP contribution is -2.42. The highest BCUT2D eigenvalue weighted by Gasteiger charge is 2.33. The van der Waals surface area contributed by atoms with Crippen molar-refractivity contribution in [3.8, 4) is 0 Å². The molecule has 0 atom stereocenters. The van der Waals surface area contributed by atoms with Crippen molar-refractivity contribution >= 4 is 28.9 Å². The molecule has 2 aliphatic heterocycles. The molecule has 1 N–H and O–H groups in total. The predicted octanol–water partition coefficient (Wildman–Crippen LogP) is 6.24. The predicted molar refractivity (Wildman–Crippen MR) is 133 cm³/mol. The summed E-state index contributed by atoms with van der Waals surface area (Å²) in [5.41, 5.74) is 0.732. The van der Waals surface area contributed by atoms with E-state index in [0.29, 0.717) is 31.1 Å². The van der Waals surface area contributed by atoms with Gasteiger partial charge in [-0.3, -0.25) is 9.78 Å². The summed E-state index contributed by atoms with van der Waals surface area (Å²) in [5.74, 6) is 0.841. The largest absolute Gasteiger partial charge is 0.433 e. The maximum atomic E-state index is 12.9. The molecule has 0 bridgehead atoms. The molecule has 2 saturated heterocycles. The minimum absolute atomic E-state index is 0.0494. The Bertz CT molecular complexity index is 969. The molecule has 9 heteroatoms. The second kappa shape index (κ2) is 11.5. The van der Waals surface area contributed by atoms with Gasteiger partial charge in [0.15, 0.2) is 0 Å². The minimum atomic E-state index is -4.46. The fraction of sp³-hybridized carbons (Fsp3) is 0.538. The summed E-state index contributed by atoms with van der Waals surface area (Å²) in [5, 5.41) is 3.92. The van der Waals surface area contributed by atoms with Crippen molar-refractivity contribution in [2.24, 2.45) is 5.92 Å². The summed E-state index contributed by atoms with van der Waals surface area (Å²) >= 11 is 5.98. The highest BCUT2D eigenvalue weighted by Crippen LogP contribution is 2.30. The van der Waals surface area contributed by atoms with Crippen LogP contribution in [0.5, 0.6) is 0 Å². The Hall–Kier alpha value is -2.48. The van der Waals surface area contributed by atoms with Gasteiger partial charge in [-0.1, -0.05) is 11.6 Å². The number of nitrogens with one attached hydrogen (secondary N) is 1. The van der Waals surface area contributed by atoms with Crippen molar-refractivity contribution in [1.29, 1.82) is 0 Å². The summed E-state index contributed by atoms with van der Waals surface area (Å²) in [7, 11) is 0. The van der Waals surface area contributed by atoms with Gasteiger partial charge in [0.2, 0.25) is 5.91 Å². The topological polar surface area (TPSA) is 48.5 Å². The van der Waals surface area contributed by atoms with Crippen LogP contribution in [-0.2, 0) is 11.0 Å². The van der Waals surface area contributed by atoms with Crippen LogP contribution in [0.25, 0.3) is 0 Å². The summed E-state index contributed by atoms with van der Waals surface area (Å²) in [6, 6.07) is 10.6. The fourth-order valence-corrected chi connectivity index (χ4v) is 5.14. The molecule has 5 nitrogen and oxygen atoms in total. The first kappa shape index (κ1) is 25.6. The fourth-order valence-electron chi connectivity index (χ4n) is 5.02. The Labute approximate surface area is 209 Å². The standard InChI is InChI=1S/C26H32ClF3N4O/c27-20-4-6-23(7-5-20)33-14-9-19(10-15-33)2-1-3-25(35)34-16-11-21(12-17-34)32-22-8-13-31-24(18-22)26(28,29)30/h4-8,13,18-19,21H,1-3,9-12,14-17H2,(H,31,32). The Morgan fingerprint density at radius 1 is 1.03 bits per heavy atom. The lowest BCUT2D eigenvalue weighted by molar-refractivity contribution is -0.141. The summed E-state index contributed by atoms with van der Waals surface area (Å²) in [6.45, 7) is 3.33. The molecule has 0 saturated carbocycles. The first-order valence-electron chi connectivity index (χ1n) is 12.4. The van der Waals surface area contributed by atoms with E-state index in [4.69, 9.17) is 11.6 Å². The summed E-state index contributed by atoms with van der Waals surface area (Å²) in [6.07, 6.45) is 2.97. The number of halogens is 4. The summed E-state index contributed by atoms with van der Waals surface area (Å²) < 4.78 is 38.6. The van der Waals surface area contributed by atoms with Gasteiger partial charge < -0.3 is 15.1 Å². The molecule has 2 aromatic rings. The van der Waals surface area contributed by atoms with Gasteiger partial charge >= 0.3 is 6.18 Å². The third-order valence-electron chi connectivity index (χ3n) is 7.08. The van der Waals surface area contributed by atoms with E-state index in [0.717, 1.165) is 62.7 Å². The molecule has 1 aromatic heterocycles. The van der Waals surface area contributed by atoms with E-state index in [1.165, 1.54) is 11.9 Å². The Kier molecular flexibility index (Phi) is 8.42. The van der Waals surface area contributed by atoms with Crippen molar-refractivity contribution in [1.82, 2.24) is 9.88 Å². The Morgan fingerprint density at radius 2 is 1.71 bits per heavy atom. The third-order valence-corrected chi connectivity index (χ3v) is 7.33. The number of hydrogen-bond acceptors (Lipinski definition) is 4. The zero-order valence-corrected chi connectivity index (χ0v) is 20.5. The van der Waals surface area contributed by atoms with Crippen LogP contribution < -0.4 is 10.2 Å². The number of rotatable bonds is 7. The van der Waals surface area contributed by atoms with Crippen LogP contribution in [0.3, 0.4) is 0 Å². The van der Waals surface area contributed by atoms with E-state index in [1.807, 2.05) is 17.0 Å². The number of anilines is 2. The second-order valence-electron chi connectivity index (χ2n) is 9.53. The number of hydrogen-bond donors (Lipinski definition) is 1. The first-order valence-corrected chi connectivity index (χ1v) is 12.7. The molecular formula is C26H32ClF3N4O. The number of carbonyl (C=O) groups excluding carboxylic acids is 1. The zero-order chi connectivity index (χ0) is 24.8. The van der Waals surface area contributed by atoms with Crippen LogP contribution in [-0.4, -0.2) is 48.0 Å². The molecule has 0 aliphatic carbocycles. The molecule has 0 unspecified atom stereocenters. The quantitative estimate of drug-likeness (QED) is 0.480. The van der Waals surface area contributed by atoms with Gasteiger partial charge in [0.05, 0.1) is 0 Å². The van der Waals surface area contributed by atoms with Crippen molar-refractivity contribution < 1.29 is 18.0 Å². The van der Waals surface area contributed by atoms with E-state index < -0.39 is 11.9 Å². The van der Waals surface area contributed by atoms with Crippen molar-refractivity contribution in [3.05, 3.63) is 53.3 Å². The van der Waals surface area contributed by atoms with Crippen LogP contribution in [0.2, 0.25) is 5.02 Å². The molecule has 3 heterocycles. The van der Waals surface area contributed by atoms with Gasteiger partial charge in [0.1, 0.15) is 5.69 Å². The van der Waals surface area contributed by atoms with Gasteiger partial charge in [-0.2, -0.15) is 13.2 Å². The van der Waals surface area contributed by atoms with Gasteiger partial charge in [0.25, 0.3) is 0 Å². The molecule has 0 radical (unpaired) electrons. The first-order chi connectivity index (χ1) is 16.8. The number of amides is 1. The zero-order valence-electron chi connectivity index (χ0n) is 19.7. The average Bonchev–Trinajstić information content (AvgIpc) is 2.85. The van der Waals surface area contributed by atoms with E-state index in [-0.39, 0.29) is 11.9 Å². The number of piperidine rings is 2. The molecule has 1 aromatic carbocycles. The van der Waals surface area contributed by atoms with Gasteiger partial charge in [-0.05, 0) is 80.8 Å². The number of alkyl halides is 3. The number of nitrogens with zero attached hydrogens (tertiary/aromatic N) is 3. The SMILES string of the molecule is O=C(CCCC1CCN(c2ccc(Cl)cc2)CC1)N1CCC(Nc2ccnc(C(F)(F)F)c2)CC1. The average molecular weight is 509 g/mol. The summed E-state index contributed by atoms with van der Waals surface area (Å²) in [4.78, 5) is 20.4. The van der Waals surface area contributed by atoms with E-state index in [2.05, 4.69) is 27.3 Å². The minimum Gasteiger partial charge on any atom is -0.382 e. The van der Waals surface area contributed by atoms with Gasteiger partial charge in [-0.15, -0.1) is 0 Å². The van der Waals surface area contributed by atoms with Crippen molar-refractivity contribution in [2.75, 3.05) is 36.4 Å². The van der Waals surface area contributed by atoms with Gasteiger partial charge in [-0.25, -0.2) is 0 Å². The van der Waals surface area contributed by atoms with Crippen LogP contribution in [0, 0.1) is 5.92 Å². The molecule has 190 valence electrons. The lowest BCUT2D eigenvalue weighted by Gasteiger charge is -2.34. The van der Waals surface area contributed by atoms with Crippen molar-refractivity contribution in [3.63, 3.8) is 0 Å². The third kappa shape index (κ3) is 7.26. The number of aromatic nitrogens is 1. The van der Waals surface area contributed by atoms with Gasteiger partial charge in [0, 0.05) is 61.2 Å². The Morgan fingerprint density at radius 3 is 2.37 bits per heavy atom.